The zero-order chi connectivity index (χ0) is 11.4. The van der Waals surface area contributed by atoms with Crippen molar-refractivity contribution < 1.29 is 5.11 Å². The summed E-state index contributed by atoms with van der Waals surface area (Å²) in [6.45, 7) is 3.76. The molecule has 0 saturated heterocycles. The molecule has 2 rings (SSSR count). The number of aliphatic hydroxyl groups excluding tert-OH is 1. The largest absolute Gasteiger partial charge is 0.392 e. The van der Waals surface area contributed by atoms with Gasteiger partial charge in [0.05, 0.1) is 6.10 Å². The smallest absolute Gasteiger partial charge is 0.0665 e. The van der Waals surface area contributed by atoms with Crippen molar-refractivity contribution in [2.24, 2.45) is 11.8 Å². The Labute approximate surface area is 97.1 Å². The van der Waals surface area contributed by atoms with Crippen molar-refractivity contribution in [2.45, 2.75) is 18.9 Å². The molecule has 0 bridgehead atoms. The molecule has 0 radical (unpaired) electrons. The third-order valence-electron chi connectivity index (χ3n) is 3.35. The molecular weight excluding hydrogens is 196 g/mol. The van der Waals surface area contributed by atoms with E-state index >= 15 is 0 Å². The lowest BCUT2D eigenvalue weighted by Crippen LogP contribution is -2.17. The molecule has 84 valence electrons. The zero-order valence-electron chi connectivity index (χ0n) is 9.42. The maximum absolute atomic E-state index is 10.0. The number of hydrogen-bond donors (Lipinski definition) is 1. The van der Waals surface area contributed by atoms with E-state index in [0.717, 1.165) is 12.8 Å². The quantitative estimate of drug-likeness (QED) is 0.766. The summed E-state index contributed by atoms with van der Waals surface area (Å²) in [5, 5.41) is 10.0. The Hall–Kier alpha value is -1.34. The number of rotatable bonds is 3. The van der Waals surface area contributed by atoms with Gasteiger partial charge in [-0.25, -0.2) is 0 Å². The topological polar surface area (TPSA) is 20.2 Å². The van der Waals surface area contributed by atoms with E-state index in [9.17, 15) is 5.11 Å². The van der Waals surface area contributed by atoms with Gasteiger partial charge in [-0.2, -0.15) is 0 Å². The van der Waals surface area contributed by atoms with Gasteiger partial charge >= 0.3 is 0 Å². The first-order valence-electron chi connectivity index (χ1n) is 5.85. The zero-order valence-corrected chi connectivity index (χ0v) is 9.42. The lowest BCUT2D eigenvalue weighted by Gasteiger charge is -2.13. The van der Waals surface area contributed by atoms with Crippen molar-refractivity contribution in [3.63, 3.8) is 0 Å². The molecule has 0 heterocycles. The monoisotopic (exact) mass is 214 g/mol. The van der Waals surface area contributed by atoms with Crippen LogP contribution in [0.4, 0.5) is 0 Å². The summed E-state index contributed by atoms with van der Waals surface area (Å²) in [7, 11) is 0. The third kappa shape index (κ3) is 2.42. The summed E-state index contributed by atoms with van der Waals surface area (Å²) < 4.78 is 0. The second kappa shape index (κ2) is 5.13. The highest BCUT2D eigenvalue weighted by molar-refractivity contribution is 5.49. The third-order valence-corrected chi connectivity index (χ3v) is 3.35. The Morgan fingerprint density at radius 2 is 1.81 bits per heavy atom. The molecule has 1 saturated carbocycles. The summed E-state index contributed by atoms with van der Waals surface area (Å²) in [5.74, 6) is 0.550. The van der Waals surface area contributed by atoms with E-state index < -0.39 is 0 Å². The molecule has 1 heteroatoms. The lowest BCUT2D eigenvalue weighted by molar-refractivity contribution is 0.126. The molecule has 0 spiro atoms. The summed E-state index contributed by atoms with van der Waals surface area (Å²) in [5.41, 5.74) is 1.19. The molecule has 1 aliphatic rings. The van der Waals surface area contributed by atoms with Gasteiger partial charge in [-0.05, 0) is 18.4 Å². The molecule has 1 aromatic rings. The van der Waals surface area contributed by atoms with Gasteiger partial charge in [0.1, 0.15) is 0 Å². The average molecular weight is 214 g/mol. The molecular formula is C15H18O. The lowest BCUT2D eigenvalue weighted by atomic mass is 10.00. The van der Waals surface area contributed by atoms with E-state index in [1.807, 2.05) is 24.3 Å². The van der Waals surface area contributed by atoms with Gasteiger partial charge in [0.15, 0.2) is 0 Å². The number of aliphatic hydroxyl groups is 1. The van der Waals surface area contributed by atoms with E-state index in [4.69, 9.17) is 0 Å². The van der Waals surface area contributed by atoms with Crippen molar-refractivity contribution in [3.05, 3.63) is 54.6 Å². The Bertz CT molecular complexity index is 366. The number of benzene rings is 1. The van der Waals surface area contributed by atoms with Crippen LogP contribution in [0.25, 0.3) is 6.08 Å². The van der Waals surface area contributed by atoms with Crippen LogP contribution in [0, 0.1) is 11.8 Å². The molecule has 16 heavy (non-hydrogen) atoms. The number of hydrogen-bond acceptors (Lipinski definition) is 1. The van der Waals surface area contributed by atoms with E-state index in [0.29, 0.717) is 0 Å². The van der Waals surface area contributed by atoms with E-state index in [2.05, 4.69) is 30.9 Å². The molecule has 0 aromatic heterocycles. The standard InChI is InChI=1S/C15H18O/c1-2-13-10-11-14(15(13)16)9-8-12-6-4-3-5-7-12/h2-9,13-16H,1,10-11H2/t13-,14+,15+/m0/s1. The van der Waals surface area contributed by atoms with E-state index in [1.165, 1.54) is 5.56 Å². The van der Waals surface area contributed by atoms with Crippen LogP contribution in [0.2, 0.25) is 0 Å². The minimum atomic E-state index is -0.252. The molecule has 0 amide bonds. The van der Waals surface area contributed by atoms with Gasteiger partial charge < -0.3 is 5.11 Å². The fraction of sp³-hybridized carbons (Fsp3) is 0.333. The Balaban J connectivity index is 2.01. The van der Waals surface area contributed by atoms with Crippen LogP contribution in [0.3, 0.4) is 0 Å². The van der Waals surface area contributed by atoms with Crippen molar-refractivity contribution in [1.82, 2.24) is 0 Å². The average Bonchev–Trinajstić information content (AvgIpc) is 2.69. The van der Waals surface area contributed by atoms with E-state index in [1.54, 1.807) is 0 Å². The van der Waals surface area contributed by atoms with Crippen molar-refractivity contribution in [3.8, 4) is 0 Å². The van der Waals surface area contributed by atoms with Crippen molar-refractivity contribution >= 4 is 6.08 Å². The van der Waals surface area contributed by atoms with Crippen LogP contribution >= 0.6 is 0 Å². The Morgan fingerprint density at radius 1 is 1.12 bits per heavy atom. The Kier molecular flexibility index (Phi) is 3.58. The Morgan fingerprint density at radius 3 is 2.44 bits per heavy atom. The van der Waals surface area contributed by atoms with Crippen LogP contribution in [-0.2, 0) is 0 Å². The predicted molar refractivity (Wildman–Crippen MR) is 67.9 cm³/mol. The predicted octanol–water partition coefficient (Wildman–Crippen LogP) is 3.27. The first-order valence-corrected chi connectivity index (χ1v) is 5.85. The highest BCUT2D eigenvalue weighted by Gasteiger charge is 2.30. The summed E-state index contributed by atoms with van der Waals surface area (Å²) in [6, 6.07) is 10.2. The van der Waals surface area contributed by atoms with Crippen LogP contribution < -0.4 is 0 Å². The van der Waals surface area contributed by atoms with Gasteiger partial charge in [0, 0.05) is 11.8 Å². The first kappa shape index (κ1) is 11.2. The second-order valence-electron chi connectivity index (χ2n) is 4.40. The minimum absolute atomic E-state index is 0.252. The molecule has 1 fully saturated rings. The maximum Gasteiger partial charge on any atom is 0.0665 e. The maximum atomic E-state index is 10.0. The van der Waals surface area contributed by atoms with Gasteiger partial charge in [0.2, 0.25) is 0 Å². The van der Waals surface area contributed by atoms with Crippen LogP contribution in [0.1, 0.15) is 18.4 Å². The second-order valence-corrected chi connectivity index (χ2v) is 4.40. The molecule has 3 atom stereocenters. The molecule has 0 unspecified atom stereocenters. The normalized spacial score (nSPS) is 29.7. The van der Waals surface area contributed by atoms with Gasteiger partial charge in [-0.15, -0.1) is 6.58 Å². The molecule has 1 nitrogen and oxygen atoms in total. The van der Waals surface area contributed by atoms with Gasteiger partial charge in [0.25, 0.3) is 0 Å². The van der Waals surface area contributed by atoms with Gasteiger partial charge in [-0.1, -0.05) is 48.6 Å². The summed E-state index contributed by atoms with van der Waals surface area (Å²) >= 11 is 0. The fourth-order valence-electron chi connectivity index (χ4n) is 2.31. The minimum Gasteiger partial charge on any atom is -0.392 e. The fourth-order valence-corrected chi connectivity index (χ4v) is 2.31. The highest BCUT2D eigenvalue weighted by atomic mass is 16.3. The molecule has 1 N–H and O–H groups in total. The van der Waals surface area contributed by atoms with Crippen LogP contribution in [0.15, 0.2) is 49.1 Å². The first-order chi connectivity index (χ1) is 7.81. The van der Waals surface area contributed by atoms with E-state index in [-0.39, 0.29) is 17.9 Å². The molecule has 0 aliphatic heterocycles. The summed E-state index contributed by atoms with van der Waals surface area (Å²) in [4.78, 5) is 0. The SMILES string of the molecule is C=C[C@H]1CC[C@@H](C=Cc2ccccc2)[C@@H]1O. The summed E-state index contributed by atoms with van der Waals surface area (Å²) in [6.07, 6.45) is 7.96. The van der Waals surface area contributed by atoms with Crippen LogP contribution in [-0.4, -0.2) is 11.2 Å². The highest BCUT2D eigenvalue weighted by Crippen LogP contribution is 2.33. The molecule has 1 aliphatic carbocycles. The van der Waals surface area contributed by atoms with Gasteiger partial charge in [-0.3, -0.25) is 0 Å². The van der Waals surface area contributed by atoms with Crippen LogP contribution in [0.5, 0.6) is 0 Å². The molecule has 1 aromatic carbocycles. The van der Waals surface area contributed by atoms with Crippen molar-refractivity contribution in [2.75, 3.05) is 0 Å². The van der Waals surface area contributed by atoms with Crippen molar-refractivity contribution in [1.29, 1.82) is 0 Å².